The molecule has 3 heteroatoms. The molecule has 0 aromatic rings. The van der Waals surface area contributed by atoms with E-state index in [1.54, 1.807) is 0 Å². The van der Waals surface area contributed by atoms with Gasteiger partial charge in [-0.1, -0.05) is 6.92 Å². The maximum absolute atomic E-state index is 11.1. The molecule has 0 aliphatic carbocycles. The van der Waals surface area contributed by atoms with Crippen molar-refractivity contribution in [1.82, 2.24) is 5.32 Å². The van der Waals surface area contributed by atoms with Crippen LogP contribution in [0.5, 0.6) is 0 Å². The van der Waals surface area contributed by atoms with Gasteiger partial charge in [0, 0.05) is 18.7 Å². The molecule has 68 valence electrons. The quantitative estimate of drug-likeness (QED) is 0.509. The van der Waals surface area contributed by atoms with E-state index in [2.05, 4.69) is 12.2 Å². The predicted molar refractivity (Wildman–Crippen MR) is 46.6 cm³/mol. The lowest BCUT2D eigenvalue weighted by Gasteiger charge is -2.05. The zero-order valence-corrected chi connectivity index (χ0v) is 7.64. The van der Waals surface area contributed by atoms with Gasteiger partial charge in [-0.15, -0.1) is 0 Å². The molecule has 0 aromatic heterocycles. The van der Waals surface area contributed by atoms with E-state index < -0.39 is 0 Å². The van der Waals surface area contributed by atoms with Crippen LogP contribution in [-0.4, -0.2) is 19.1 Å². The number of hydrogen-bond acceptors (Lipinski definition) is 3. The first kappa shape index (κ1) is 9.10. The van der Waals surface area contributed by atoms with Crippen molar-refractivity contribution >= 4 is 5.97 Å². The van der Waals surface area contributed by atoms with Crippen LogP contribution in [0.1, 0.15) is 26.7 Å². The van der Waals surface area contributed by atoms with Crippen LogP contribution in [0.2, 0.25) is 0 Å². The highest BCUT2D eigenvalue weighted by atomic mass is 16.5. The first-order chi connectivity index (χ1) is 5.75. The van der Waals surface area contributed by atoms with E-state index in [0.717, 1.165) is 30.7 Å². The lowest BCUT2D eigenvalue weighted by molar-refractivity contribution is -0.135. The highest BCUT2D eigenvalue weighted by molar-refractivity contribution is 5.90. The number of allylic oxidation sites excluding steroid dienone is 1. The highest BCUT2D eigenvalue weighted by Crippen LogP contribution is 2.15. The Balaban J connectivity index is 2.55. The fraction of sp³-hybridized carbons (Fsp3) is 0.667. The molecule has 1 saturated heterocycles. The molecule has 12 heavy (non-hydrogen) atoms. The standard InChI is InChI=1S/C9H15NO2/c1-3-5-10-7(2)8-4-6-12-9(8)11/h10H,3-6H2,1-2H3/b8-7-. The summed E-state index contributed by atoms with van der Waals surface area (Å²) in [5, 5.41) is 3.18. The van der Waals surface area contributed by atoms with Gasteiger partial charge in [-0.25, -0.2) is 4.79 Å². The van der Waals surface area contributed by atoms with Crippen molar-refractivity contribution in [2.45, 2.75) is 26.7 Å². The van der Waals surface area contributed by atoms with E-state index in [9.17, 15) is 4.79 Å². The third-order valence-electron chi connectivity index (χ3n) is 1.92. The smallest absolute Gasteiger partial charge is 0.335 e. The Morgan fingerprint density at radius 2 is 2.42 bits per heavy atom. The number of ether oxygens (including phenoxy) is 1. The van der Waals surface area contributed by atoms with Crippen LogP contribution in [0, 0.1) is 0 Å². The minimum absolute atomic E-state index is 0.156. The lowest BCUT2D eigenvalue weighted by Crippen LogP contribution is -2.15. The molecule has 1 heterocycles. The monoisotopic (exact) mass is 169 g/mol. The van der Waals surface area contributed by atoms with E-state index in [-0.39, 0.29) is 5.97 Å². The van der Waals surface area contributed by atoms with Gasteiger partial charge < -0.3 is 10.1 Å². The van der Waals surface area contributed by atoms with Gasteiger partial charge in [0.15, 0.2) is 0 Å². The average Bonchev–Trinajstić information content (AvgIpc) is 2.47. The largest absolute Gasteiger partial charge is 0.462 e. The van der Waals surface area contributed by atoms with Crippen molar-refractivity contribution < 1.29 is 9.53 Å². The minimum atomic E-state index is -0.156. The van der Waals surface area contributed by atoms with Crippen molar-refractivity contribution in [3.05, 3.63) is 11.3 Å². The number of esters is 1. The van der Waals surface area contributed by atoms with Crippen LogP contribution in [0.4, 0.5) is 0 Å². The maximum Gasteiger partial charge on any atom is 0.335 e. The second-order valence-electron chi connectivity index (χ2n) is 2.92. The van der Waals surface area contributed by atoms with Crippen molar-refractivity contribution in [2.24, 2.45) is 0 Å². The van der Waals surface area contributed by atoms with Gasteiger partial charge in [0.1, 0.15) is 0 Å². The predicted octanol–water partition coefficient (Wildman–Crippen LogP) is 1.21. The number of nitrogens with one attached hydrogen (secondary N) is 1. The van der Waals surface area contributed by atoms with Crippen LogP contribution < -0.4 is 5.32 Å². The van der Waals surface area contributed by atoms with Crippen LogP contribution in [0.25, 0.3) is 0 Å². The molecule has 1 aliphatic heterocycles. The topological polar surface area (TPSA) is 38.3 Å². The van der Waals surface area contributed by atoms with Gasteiger partial charge in [-0.2, -0.15) is 0 Å². The van der Waals surface area contributed by atoms with Gasteiger partial charge in [0.05, 0.1) is 12.2 Å². The first-order valence-corrected chi connectivity index (χ1v) is 4.36. The van der Waals surface area contributed by atoms with E-state index in [1.165, 1.54) is 0 Å². The van der Waals surface area contributed by atoms with Gasteiger partial charge >= 0.3 is 5.97 Å². The second kappa shape index (κ2) is 4.14. The molecular weight excluding hydrogens is 154 g/mol. The number of cyclic esters (lactones) is 1. The maximum atomic E-state index is 11.1. The fourth-order valence-corrected chi connectivity index (χ4v) is 1.19. The van der Waals surface area contributed by atoms with Crippen molar-refractivity contribution in [3.63, 3.8) is 0 Å². The third-order valence-corrected chi connectivity index (χ3v) is 1.92. The van der Waals surface area contributed by atoms with Gasteiger partial charge in [-0.05, 0) is 13.3 Å². The zero-order valence-electron chi connectivity index (χ0n) is 7.64. The number of hydrogen-bond donors (Lipinski definition) is 1. The molecule has 1 rings (SSSR count). The molecule has 0 spiro atoms. The summed E-state index contributed by atoms with van der Waals surface area (Å²) in [5.74, 6) is -0.156. The summed E-state index contributed by atoms with van der Waals surface area (Å²) in [6.45, 7) is 5.48. The summed E-state index contributed by atoms with van der Waals surface area (Å²) in [6, 6.07) is 0. The summed E-state index contributed by atoms with van der Waals surface area (Å²) in [6.07, 6.45) is 1.82. The Labute approximate surface area is 72.8 Å². The summed E-state index contributed by atoms with van der Waals surface area (Å²) in [4.78, 5) is 11.1. The van der Waals surface area contributed by atoms with E-state index in [1.807, 2.05) is 6.92 Å². The molecule has 1 N–H and O–H groups in total. The molecule has 0 aromatic carbocycles. The Morgan fingerprint density at radius 1 is 1.67 bits per heavy atom. The SMILES string of the molecule is CCCN/C(C)=C1/CCOC1=O. The lowest BCUT2D eigenvalue weighted by atomic mass is 10.2. The second-order valence-corrected chi connectivity index (χ2v) is 2.92. The average molecular weight is 169 g/mol. The number of carbonyl (C=O) groups excluding carboxylic acids is 1. The Hall–Kier alpha value is -0.990. The molecule has 0 amide bonds. The Kier molecular flexibility index (Phi) is 3.14. The molecular formula is C9H15NO2. The first-order valence-electron chi connectivity index (χ1n) is 4.36. The highest BCUT2D eigenvalue weighted by Gasteiger charge is 2.20. The fourth-order valence-electron chi connectivity index (χ4n) is 1.19. The molecule has 0 unspecified atom stereocenters. The van der Waals surface area contributed by atoms with Crippen molar-refractivity contribution in [3.8, 4) is 0 Å². The Morgan fingerprint density at radius 3 is 2.92 bits per heavy atom. The third kappa shape index (κ3) is 2.00. The number of carbonyl (C=O) groups is 1. The molecule has 0 atom stereocenters. The normalized spacial score (nSPS) is 20.7. The summed E-state index contributed by atoms with van der Waals surface area (Å²) >= 11 is 0. The summed E-state index contributed by atoms with van der Waals surface area (Å²) in [7, 11) is 0. The minimum Gasteiger partial charge on any atom is -0.462 e. The Bertz CT molecular complexity index is 209. The molecule has 1 fully saturated rings. The van der Waals surface area contributed by atoms with Crippen LogP contribution in [-0.2, 0) is 9.53 Å². The molecule has 0 bridgehead atoms. The van der Waals surface area contributed by atoms with Gasteiger partial charge in [0.2, 0.25) is 0 Å². The molecule has 0 saturated carbocycles. The van der Waals surface area contributed by atoms with Crippen molar-refractivity contribution in [1.29, 1.82) is 0 Å². The number of rotatable bonds is 3. The molecule has 0 radical (unpaired) electrons. The van der Waals surface area contributed by atoms with E-state index in [0.29, 0.717) is 6.61 Å². The van der Waals surface area contributed by atoms with Crippen LogP contribution in [0.15, 0.2) is 11.3 Å². The van der Waals surface area contributed by atoms with Crippen LogP contribution in [0.3, 0.4) is 0 Å². The van der Waals surface area contributed by atoms with Crippen molar-refractivity contribution in [2.75, 3.05) is 13.2 Å². The van der Waals surface area contributed by atoms with Crippen LogP contribution >= 0.6 is 0 Å². The summed E-state index contributed by atoms with van der Waals surface area (Å²) < 4.78 is 4.83. The van der Waals surface area contributed by atoms with Gasteiger partial charge in [-0.3, -0.25) is 0 Å². The van der Waals surface area contributed by atoms with E-state index in [4.69, 9.17) is 4.74 Å². The molecule has 1 aliphatic rings. The van der Waals surface area contributed by atoms with E-state index >= 15 is 0 Å². The molecule has 3 nitrogen and oxygen atoms in total. The summed E-state index contributed by atoms with van der Waals surface area (Å²) in [5.41, 5.74) is 1.78. The zero-order chi connectivity index (χ0) is 8.97. The van der Waals surface area contributed by atoms with Gasteiger partial charge in [0.25, 0.3) is 0 Å².